The van der Waals surface area contributed by atoms with Crippen LogP contribution in [0.1, 0.15) is 39.1 Å². The Morgan fingerprint density at radius 2 is 1.61 bits per heavy atom. The number of fused-ring (bicyclic) bond motifs is 1. The Hall–Kier alpha value is -3.03. The Kier molecular flexibility index (Phi) is 4.28. The molecular weight excluding hydrogens is 371 g/mol. The van der Waals surface area contributed by atoms with Gasteiger partial charge in [0, 0.05) is 37.2 Å². The molecule has 2 aliphatic heterocycles. The van der Waals surface area contributed by atoms with Gasteiger partial charge in [0.15, 0.2) is 0 Å². The summed E-state index contributed by atoms with van der Waals surface area (Å²) >= 11 is 0. The highest BCUT2D eigenvalue weighted by Crippen LogP contribution is 2.32. The molecule has 0 saturated carbocycles. The lowest BCUT2D eigenvalue weighted by Gasteiger charge is -2.45. The van der Waals surface area contributed by atoms with Gasteiger partial charge < -0.3 is 15.5 Å². The third kappa shape index (κ3) is 3.30. The van der Waals surface area contributed by atoms with E-state index in [1.165, 1.54) is 12.1 Å². The van der Waals surface area contributed by atoms with Crippen molar-refractivity contribution < 1.29 is 22.8 Å². The van der Waals surface area contributed by atoms with Gasteiger partial charge in [-0.25, -0.2) is 0 Å². The number of anilines is 1. The van der Waals surface area contributed by atoms with Gasteiger partial charge >= 0.3 is 6.18 Å². The number of rotatable bonds is 1. The molecule has 28 heavy (non-hydrogen) atoms. The first-order valence-corrected chi connectivity index (χ1v) is 8.94. The van der Waals surface area contributed by atoms with E-state index in [0.29, 0.717) is 31.5 Å². The minimum atomic E-state index is -4.43. The van der Waals surface area contributed by atoms with Crippen LogP contribution >= 0.6 is 0 Å². The highest BCUT2D eigenvalue weighted by molar-refractivity contribution is 6.02. The predicted octanol–water partition coefficient (Wildman–Crippen LogP) is 3.49. The molecule has 0 bridgehead atoms. The SMILES string of the molecule is O=C1NC2(CCN(C(=O)c3ccc(C(F)(F)F)cc3)CC2)Nc2ccccc21. The highest BCUT2D eigenvalue weighted by Gasteiger charge is 2.41. The summed E-state index contributed by atoms with van der Waals surface area (Å²) in [7, 11) is 0. The summed E-state index contributed by atoms with van der Waals surface area (Å²) in [6.07, 6.45) is -3.43. The fourth-order valence-corrected chi connectivity index (χ4v) is 3.69. The maximum atomic E-state index is 12.7. The van der Waals surface area contributed by atoms with Gasteiger partial charge in [0.1, 0.15) is 5.66 Å². The van der Waals surface area contributed by atoms with Crippen LogP contribution in [0.4, 0.5) is 18.9 Å². The van der Waals surface area contributed by atoms with E-state index in [1.807, 2.05) is 12.1 Å². The lowest BCUT2D eigenvalue weighted by Crippen LogP contribution is -2.62. The zero-order valence-electron chi connectivity index (χ0n) is 14.8. The van der Waals surface area contributed by atoms with Crippen LogP contribution < -0.4 is 10.6 Å². The third-order valence-electron chi connectivity index (χ3n) is 5.26. The van der Waals surface area contributed by atoms with Crippen LogP contribution in [0.3, 0.4) is 0 Å². The molecule has 5 nitrogen and oxygen atoms in total. The molecule has 146 valence electrons. The Bertz CT molecular complexity index is 917. The molecule has 0 radical (unpaired) electrons. The highest BCUT2D eigenvalue weighted by atomic mass is 19.4. The summed E-state index contributed by atoms with van der Waals surface area (Å²) in [6, 6.07) is 11.5. The van der Waals surface area contributed by atoms with Gasteiger partial charge in [-0.3, -0.25) is 9.59 Å². The summed E-state index contributed by atoms with van der Waals surface area (Å²) in [5, 5.41) is 6.37. The van der Waals surface area contributed by atoms with Gasteiger partial charge in [0.25, 0.3) is 11.8 Å². The molecular formula is C20H18F3N3O2. The molecule has 2 aromatic rings. The zero-order valence-corrected chi connectivity index (χ0v) is 14.8. The number of nitrogens with one attached hydrogen (secondary N) is 2. The molecule has 1 saturated heterocycles. The van der Waals surface area contributed by atoms with Crippen LogP contribution in [0.25, 0.3) is 0 Å². The standard InChI is InChI=1S/C20H18F3N3O2/c21-20(22,23)14-7-5-13(6-8-14)18(28)26-11-9-19(10-12-26)24-16-4-2-1-3-15(16)17(27)25-19/h1-8,24H,9-12H2,(H,25,27). The molecule has 1 spiro atoms. The number of carbonyl (C=O) groups excluding carboxylic acids is 2. The Labute approximate surface area is 159 Å². The maximum absolute atomic E-state index is 12.7. The van der Waals surface area contributed by atoms with E-state index in [1.54, 1.807) is 17.0 Å². The van der Waals surface area contributed by atoms with Crippen molar-refractivity contribution in [3.8, 4) is 0 Å². The van der Waals surface area contributed by atoms with Crippen molar-refractivity contribution in [2.45, 2.75) is 24.7 Å². The van der Waals surface area contributed by atoms with Crippen LogP contribution in [0, 0.1) is 0 Å². The first-order valence-electron chi connectivity index (χ1n) is 8.94. The van der Waals surface area contributed by atoms with E-state index in [0.717, 1.165) is 17.8 Å². The van der Waals surface area contributed by atoms with Crippen molar-refractivity contribution in [2.24, 2.45) is 0 Å². The van der Waals surface area contributed by atoms with Gasteiger partial charge in [0.2, 0.25) is 0 Å². The fourth-order valence-electron chi connectivity index (χ4n) is 3.69. The first-order chi connectivity index (χ1) is 13.3. The number of hydrogen-bond acceptors (Lipinski definition) is 3. The van der Waals surface area contributed by atoms with Crippen LogP contribution in [0.5, 0.6) is 0 Å². The van der Waals surface area contributed by atoms with Crippen molar-refractivity contribution in [2.75, 3.05) is 18.4 Å². The van der Waals surface area contributed by atoms with E-state index in [2.05, 4.69) is 10.6 Å². The summed E-state index contributed by atoms with van der Waals surface area (Å²) in [5.74, 6) is -0.469. The summed E-state index contributed by atoms with van der Waals surface area (Å²) in [6.45, 7) is 0.768. The molecule has 0 atom stereocenters. The smallest absolute Gasteiger partial charge is 0.362 e. The second-order valence-electron chi connectivity index (χ2n) is 7.07. The molecule has 2 amide bonds. The minimum Gasteiger partial charge on any atom is -0.362 e. The van der Waals surface area contributed by atoms with Crippen LogP contribution in [0.15, 0.2) is 48.5 Å². The number of hydrogen-bond donors (Lipinski definition) is 2. The number of nitrogens with zero attached hydrogens (tertiary/aromatic N) is 1. The Balaban J connectivity index is 1.44. The second kappa shape index (κ2) is 6.54. The molecule has 4 rings (SSSR count). The number of benzene rings is 2. The van der Waals surface area contributed by atoms with Crippen LogP contribution in [-0.2, 0) is 6.18 Å². The van der Waals surface area contributed by atoms with Crippen molar-refractivity contribution in [1.82, 2.24) is 10.2 Å². The number of carbonyl (C=O) groups is 2. The zero-order chi connectivity index (χ0) is 19.9. The largest absolute Gasteiger partial charge is 0.416 e. The van der Waals surface area contributed by atoms with E-state index in [9.17, 15) is 22.8 Å². The number of alkyl halides is 3. The van der Waals surface area contributed by atoms with Gasteiger partial charge in [-0.1, -0.05) is 12.1 Å². The van der Waals surface area contributed by atoms with E-state index in [-0.39, 0.29) is 17.4 Å². The number of para-hydroxylation sites is 1. The van der Waals surface area contributed by atoms with Gasteiger partial charge in [-0.2, -0.15) is 13.2 Å². The quantitative estimate of drug-likeness (QED) is 0.785. The van der Waals surface area contributed by atoms with Crippen molar-refractivity contribution in [3.05, 3.63) is 65.2 Å². The van der Waals surface area contributed by atoms with E-state index in [4.69, 9.17) is 0 Å². The molecule has 2 aliphatic rings. The first kappa shape index (κ1) is 18.3. The second-order valence-corrected chi connectivity index (χ2v) is 7.07. The monoisotopic (exact) mass is 389 g/mol. The molecule has 0 unspecified atom stereocenters. The fraction of sp³-hybridized carbons (Fsp3) is 0.300. The Morgan fingerprint density at radius 1 is 0.964 bits per heavy atom. The van der Waals surface area contributed by atoms with Gasteiger partial charge in [-0.05, 0) is 36.4 Å². The molecule has 2 N–H and O–H groups in total. The summed E-state index contributed by atoms with van der Waals surface area (Å²) < 4.78 is 38.0. The van der Waals surface area contributed by atoms with Gasteiger partial charge in [-0.15, -0.1) is 0 Å². The molecule has 2 heterocycles. The average Bonchev–Trinajstić information content (AvgIpc) is 2.67. The average molecular weight is 389 g/mol. The number of piperidine rings is 1. The summed E-state index contributed by atoms with van der Waals surface area (Å²) in [4.78, 5) is 26.6. The normalized spacial score (nSPS) is 18.2. The summed E-state index contributed by atoms with van der Waals surface area (Å²) in [5.41, 5.74) is 0.150. The van der Waals surface area contributed by atoms with Crippen molar-refractivity contribution in [1.29, 1.82) is 0 Å². The maximum Gasteiger partial charge on any atom is 0.416 e. The van der Waals surface area contributed by atoms with Crippen molar-refractivity contribution >= 4 is 17.5 Å². The molecule has 0 aliphatic carbocycles. The number of amides is 2. The van der Waals surface area contributed by atoms with Crippen molar-refractivity contribution in [3.63, 3.8) is 0 Å². The molecule has 2 aromatic carbocycles. The molecule has 8 heteroatoms. The Morgan fingerprint density at radius 3 is 2.25 bits per heavy atom. The lowest BCUT2D eigenvalue weighted by atomic mass is 9.92. The van der Waals surface area contributed by atoms with Crippen LogP contribution in [-0.4, -0.2) is 35.5 Å². The third-order valence-corrected chi connectivity index (χ3v) is 5.26. The lowest BCUT2D eigenvalue weighted by molar-refractivity contribution is -0.137. The topological polar surface area (TPSA) is 61.4 Å². The number of halogens is 3. The van der Waals surface area contributed by atoms with E-state index < -0.39 is 17.4 Å². The van der Waals surface area contributed by atoms with E-state index >= 15 is 0 Å². The minimum absolute atomic E-state index is 0.156. The molecule has 1 fully saturated rings. The predicted molar refractivity (Wildman–Crippen MR) is 96.8 cm³/mol. The molecule has 0 aromatic heterocycles. The number of likely N-dealkylation sites (tertiary alicyclic amines) is 1. The van der Waals surface area contributed by atoms with Crippen LogP contribution in [0.2, 0.25) is 0 Å². The van der Waals surface area contributed by atoms with Gasteiger partial charge in [0.05, 0.1) is 11.1 Å².